The van der Waals surface area contributed by atoms with E-state index in [0.717, 1.165) is 11.1 Å². The summed E-state index contributed by atoms with van der Waals surface area (Å²) in [4.78, 5) is 0. The summed E-state index contributed by atoms with van der Waals surface area (Å²) in [6.07, 6.45) is -5.22. The average molecular weight is 418 g/mol. The number of halogens is 3. The van der Waals surface area contributed by atoms with Crippen molar-refractivity contribution in [1.82, 2.24) is 0 Å². The number of hydrogen-bond donors (Lipinski definition) is 0. The van der Waals surface area contributed by atoms with E-state index in [-0.39, 0.29) is 5.56 Å². The van der Waals surface area contributed by atoms with Crippen molar-refractivity contribution in [2.75, 3.05) is 7.11 Å². The zero-order valence-corrected chi connectivity index (χ0v) is 17.5. The van der Waals surface area contributed by atoms with E-state index in [0.29, 0.717) is 22.4 Å². The molecule has 0 unspecified atom stereocenters. The van der Waals surface area contributed by atoms with Crippen molar-refractivity contribution in [2.45, 2.75) is 26.4 Å². The molecule has 0 saturated carbocycles. The molecule has 0 radical (unpaired) electrons. The summed E-state index contributed by atoms with van der Waals surface area (Å²) in [7, 11) is 1.55. The Hall–Kier alpha value is -3.63. The zero-order valence-electron chi connectivity index (χ0n) is 17.5. The van der Waals surface area contributed by atoms with Crippen LogP contribution in [0.1, 0.15) is 38.9 Å². The normalized spacial score (nSPS) is 10.5. The molecule has 0 saturated heterocycles. The number of rotatable bonds is 2. The Labute approximate surface area is 180 Å². The first-order valence-electron chi connectivity index (χ1n) is 9.68. The van der Waals surface area contributed by atoms with E-state index < -0.39 is 12.6 Å². The van der Waals surface area contributed by atoms with Crippen LogP contribution in [0.3, 0.4) is 0 Å². The van der Waals surface area contributed by atoms with Gasteiger partial charge in [-0.1, -0.05) is 47.4 Å². The third-order valence-corrected chi connectivity index (χ3v) is 4.69. The molecule has 0 amide bonds. The minimum Gasteiger partial charge on any atom is -0.495 e. The Morgan fingerprint density at radius 3 is 2.00 bits per heavy atom. The smallest absolute Gasteiger partial charge is 0.393 e. The lowest BCUT2D eigenvalue weighted by atomic mass is 10.0. The minimum atomic E-state index is -4.25. The molecule has 0 heterocycles. The van der Waals surface area contributed by atoms with Crippen molar-refractivity contribution in [3.63, 3.8) is 0 Å². The van der Waals surface area contributed by atoms with Crippen molar-refractivity contribution >= 4 is 0 Å². The van der Waals surface area contributed by atoms with Gasteiger partial charge in [0.05, 0.1) is 19.1 Å². The van der Waals surface area contributed by atoms with Crippen LogP contribution in [-0.4, -0.2) is 13.3 Å². The van der Waals surface area contributed by atoms with Crippen LogP contribution in [-0.2, 0) is 6.42 Å². The number of ether oxygens (including phenoxy) is 1. The summed E-state index contributed by atoms with van der Waals surface area (Å²) in [6, 6.07) is 18.3. The fourth-order valence-corrected chi connectivity index (χ4v) is 2.95. The van der Waals surface area contributed by atoms with Crippen molar-refractivity contribution in [3.05, 3.63) is 99.6 Å². The molecular formula is C27H21F3O. The first-order valence-corrected chi connectivity index (χ1v) is 9.68. The van der Waals surface area contributed by atoms with Crippen molar-refractivity contribution < 1.29 is 17.9 Å². The second-order valence-corrected chi connectivity index (χ2v) is 7.21. The molecule has 0 atom stereocenters. The molecule has 0 aliphatic heterocycles. The summed E-state index contributed by atoms with van der Waals surface area (Å²) in [5, 5.41) is 0. The molecule has 0 aliphatic rings. The summed E-state index contributed by atoms with van der Waals surface area (Å²) in [5.74, 6) is 12.7. The lowest BCUT2D eigenvalue weighted by molar-refractivity contribution is -0.127. The SMILES string of the molecule is COc1cc(C#Cc2ccc(C)cc2)ccc1C#Cc1ccc(C)c(CC(F)(F)F)c1. The van der Waals surface area contributed by atoms with E-state index in [2.05, 4.69) is 23.7 Å². The molecule has 0 aromatic heterocycles. The third kappa shape index (κ3) is 6.43. The van der Waals surface area contributed by atoms with Gasteiger partial charge < -0.3 is 4.74 Å². The number of methoxy groups -OCH3 is 1. The predicted molar refractivity (Wildman–Crippen MR) is 117 cm³/mol. The van der Waals surface area contributed by atoms with Gasteiger partial charge in [0.25, 0.3) is 0 Å². The predicted octanol–water partition coefficient (Wildman–Crippen LogP) is 6.22. The van der Waals surface area contributed by atoms with E-state index in [1.807, 2.05) is 37.3 Å². The fraction of sp³-hybridized carbons (Fsp3) is 0.185. The fourth-order valence-electron chi connectivity index (χ4n) is 2.95. The lowest BCUT2D eigenvalue weighted by Gasteiger charge is -2.09. The number of aryl methyl sites for hydroxylation is 2. The molecule has 4 heteroatoms. The molecule has 31 heavy (non-hydrogen) atoms. The third-order valence-electron chi connectivity index (χ3n) is 4.69. The first-order chi connectivity index (χ1) is 14.7. The highest BCUT2D eigenvalue weighted by molar-refractivity contribution is 5.55. The monoisotopic (exact) mass is 418 g/mol. The van der Waals surface area contributed by atoms with Gasteiger partial charge in [0.15, 0.2) is 0 Å². The molecule has 3 aromatic carbocycles. The van der Waals surface area contributed by atoms with Crippen LogP contribution >= 0.6 is 0 Å². The summed E-state index contributed by atoms with van der Waals surface area (Å²) >= 11 is 0. The summed E-state index contributed by atoms with van der Waals surface area (Å²) < 4.78 is 43.7. The van der Waals surface area contributed by atoms with E-state index >= 15 is 0 Å². The Bertz CT molecular complexity index is 1200. The quantitative estimate of drug-likeness (QED) is 0.449. The van der Waals surface area contributed by atoms with Crippen LogP contribution in [0.4, 0.5) is 13.2 Å². The molecule has 0 fully saturated rings. The van der Waals surface area contributed by atoms with Crippen LogP contribution < -0.4 is 4.74 Å². The molecule has 1 nitrogen and oxygen atoms in total. The zero-order chi connectivity index (χ0) is 22.4. The van der Waals surface area contributed by atoms with Gasteiger partial charge in [-0.15, -0.1) is 0 Å². The molecular weight excluding hydrogens is 397 g/mol. The number of benzene rings is 3. The van der Waals surface area contributed by atoms with Gasteiger partial charge in [-0.05, 0) is 67.4 Å². The minimum absolute atomic E-state index is 0.230. The van der Waals surface area contributed by atoms with Crippen LogP contribution in [0.5, 0.6) is 5.75 Å². The summed E-state index contributed by atoms with van der Waals surface area (Å²) in [6.45, 7) is 3.69. The lowest BCUT2D eigenvalue weighted by Crippen LogP contribution is -2.12. The van der Waals surface area contributed by atoms with Crippen LogP contribution in [0.25, 0.3) is 0 Å². The largest absolute Gasteiger partial charge is 0.495 e. The molecule has 0 N–H and O–H groups in total. The van der Waals surface area contributed by atoms with Crippen LogP contribution in [0.2, 0.25) is 0 Å². The standard InChI is InChI=1S/C27H21F3O/c1-19-4-7-21(8-5-19)10-11-23-13-15-24(26(17-23)31-3)14-12-22-9-6-20(2)25(16-22)18-27(28,29)30/h4-9,13,15-17H,18H2,1-3H3. The second kappa shape index (κ2) is 9.45. The maximum Gasteiger partial charge on any atom is 0.393 e. The maximum absolute atomic E-state index is 12.8. The van der Waals surface area contributed by atoms with Gasteiger partial charge in [0.2, 0.25) is 0 Å². The van der Waals surface area contributed by atoms with E-state index in [4.69, 9.17) is 4.74 Å². The molecule has 0 spiro atoms. The Kier molecular flexibility index (Phi) is 6.73. The van der Waals surface area contributed by atoms with Gasteiger partial charge >= 0.3 is 6.18 Å². The average Bonchev–Trinajstić information content (AvgIpc) is 2.73. The Morgan fingerprint density at radius 1 is 0.742 bits per heavy atom. The van der Waals surface area contributed by atoms with Gasteiger partial charge in [-0.2, -0.15) is 13.2 Å². The number of hydrogen-bond acceptors (Lipinski definition) is 1. The highest BCUT2D eigenvalue weighted by Gasteiger charge is 2.28. The van der Waals surface area contributed by atoms with Gasteiger partial charge in [0.1, 0.15) is 5.75 Å². The Morgan fingerprint density at radius 2 is 1.32 bits per heavy atom. The highest BCUT2D eigenvalue weighted by atomic mass is 19.4. The van der Waals surface area contributed by atoms with Crippen molar-refractivity contribution in [1.29, 1.82) is 0 Å². The molecule has 156 valence electrons. The van der Waals surface area contributed by atoms with Crippen LogP contribution in [0.15, 0.2) is 60.7 Å². The molecule has 0 bridgehead atoms. The van der Waals surface area contributed by atoms with Gasteiger partial charge in [-0.25, -0.2) is 0 Å². The topological polar surface area (TPSA) is 9.23 Å². The van der Waals surface area contributed by atoms with E-state index in [1.165, 1.54) is 11.6 Å². The van der Waals surface area contributed by atoms with Crippen LogP contribution in [0, 0.1) is 37.5 Å². The highest BCUT2D eigenvalue weighted by Crippen LogP contribution is 2.24. The molecule has 3 aromatic rings. The van der Waals surface area contributed by atoms with E-state index in [1.54, 1.807) is 38.3 Å². The second-order valence-electron chi connectivity index (χ2n) is 7.21. The van der Waals surface area contributed by atoms with Crippen molar-refractivity contribution in [3.8, 4) is 29.4 Å². The number of alkyl halides is 3. The first kappa shape index (κ1) is 22.1. The molecule has 3 rings (SSSR count). The van der Waals surface area contributed by atoms with E-state index in [9.17, 15) is 13.2 Å². The summed E-state index contributed by atoms with van der Waals surface area (Å²) in [5.41, 5.74) is 4.86. The van der Waals surface area contributed by atoms with Gasteiger partial charge in [0, 0.05) is 16.7 Å². The molecule has 0 aliphatic carbocycles. The van der Waals surface area contributed by atoms with Crippen molar-refractivity contribution in [2.24, 2.45) is 0 Å². The maximum atomic E-state index is 12.8. The van der Waals surface area contributed by atoms with Gasteiger partial charge in [-0.3, -0.25) is 0 Å². The Balaban J connectivity index is 1.85.